The average molecular weight is 552 g/mol. The summed E-state index contributed by atoms with van der Waals surface area (Å²) in [5, 5.41) is 10.0. The fourth-order valence-electron chi connectivity index (χ4n) is 3.06. The van der Waals surface area contributed by atoms with Crippen LogP contribution in [0.3, 0.4) is 0 Å². The lowest BCUT2D eigenvalue weighted by Gasteiger charge is -2.32. The lowest BCUT2D eigenvalue weighted by Crippen LogP contribution is -2.50. The highest BCUT2D eigenvalue weighted by atomic mass is 127. The number of benzene rings is 1. The van der Waals surface area contributed by atoms with Crippen LogP contribution in [0.15, 0.2) is 23.2 Å². The molecule has 168 valence electrons. The van der Waals surface area contributed by atoms with Crippen LogP contribution in [-0.2, 0) is 9.53 Å². The maximum atomic E-state index is 12.2. The summed E-state index contributed by atoms with van der Waals surface area (Å²) in [6, 6.07) is 5.65. The van der Waals surface area contributed by atoms with Crippen LogP contribution in [0.2, 0.25) is 5.02 Å². The predicted octanol–water partition coefficient (Wildman–Crippen LogP) is 3.38. The molecule has 0 aliphatic carbocycles. The van der Waals surface area contributed by atoms with Crippen LogP contribution in [-0.4, -0.2) is 62.2 Å². The molecule has 8 nitrogen and oxygen atoms in total. The zero-order valence-electron chi connectivity index (χ0n) is 17.7. The highest BCUT2D eigenvalue weighted by molar-refractivity contribution is 14.0. The van der Waals surface area contributed by atoms with Crippen molar-refractivity contribution in [2.75, 3.05) is 38.6 Å². The maximum Gasteiger partial charge on any atom is 0.409 e. The number of likely N-dealkylation sites (tertiary alicyclic amines) is 1. The van der Waals surface area contributed by atoms with Crippen molar-refractivity contribution in [1.29, 1.82) is 0 Å². The van der Waals surface area contributed by atoms with Crippen LogP contribution in [0, 0.1) is 6.92 Å². The Morgan fingerprint density at radius 3 is 2.63 bits per heavy atom. The number of anilines is 1. The van der Waals surface area contributed by atoms with Gasteiger partial charge in [-0.05, 0) is 44.4 Å². The first kappa shape index (κ1) is 26.3. The lowest BCUT2D eigenvalue weighted by molar-refractivity contribution is -0.116. The van der Waals surface area contributed by atoms with E-state index < -0.39 is 0 Å². The van der Waals surface area contributed by atoms with Gasteiger partial charge < -0.3 is 25.6 Å². The number of carbonyl (C=O) groups is 2. The van der Waals surface area contributed by atoms with E-state index >= 15 is 0 Å². The van der Waals surface area contributed by atoms with Crippen molar-refractivity contribution >= 4 is 59.2 Å². The second kappa shape index (κ2) is 13.5. The lowest BCUT2D eigenvalue weighted by atomic mass is 10.1. The Morgan fingerprint density at radius 2 is 2.00 bits per heavy atom. The quantitative estimate of drug-likeness (QED) is 0.286. The summed E-state index contributed by atoms with van der Waals surface area (Å²) in [5.74, 6) is 0.549. The molecule has 0 bridgehead atoms. The van der Waals surface area contributed by atoms with Crippen molar-refractivity contribution in [1.82, 2.24) is 15.5 Å². The number of piperidine rings is 1. The van der Waals surface area contributed by atoms with Crippen molar-refractivity contribution in [2.24, 2.45) is 4.99 Å². The Kier molecular flexibility index (Phi) is 11.9. The van der Waals surface area contributed by atoms with E-state index in [9.17, 15) is 9.59 Å². The first-order valence-corrected chi connectivity index (χ1v) is 10.3. The molecule has 0 saturated carbocycles. The zero-order chi connectivity index (χ0) is 21.2. The van der Waals surface area contributed by atoms with E-state index in [4.69, 9.17) is 16.3 Å². The average Bonchev–Trinajstić information content (AvgIpc) is 2.71. The molecule has 10 heteroatoms. The number of nitrogens with zero attached hydrogens (tertiary/aromatic N) is 2. The molecule has 3 N–H and O–H groups in total. The van der Waals surface area contributed by atoms with Crippen molar-refractivity contribution < 1.29 is 14.3 Å². The minimum Gasteiger partial charge on any atom is -0.450 e. The molecule has 1 aromatic carbocycles. The number of nitrogens with one attached hydrogen (secondary N) is 3. The molecule has 1 aliphatic heterocycles. The minimum atomic E-state index is -0.255. The van der Waals surface area contributed by atoms with E-state index in [0.29, 0.717) is 43.6 Å². The molecule has 1 aromatic rings. The van der Waals surface area contributed by atoms with Gasteiger partial charge in [0.2, 0.25) is 5.91 Å². The molecule has 30 heavy (non-hydrogen) atoms. The van der Waals surface area contributed by atoms with Crippen LogP contribution >= 0.6 is 35.6 Å². The van der Waals surface area contributed by atoms with Crippen LogP contribution in [0.4, 0.5) is 10.5 Å². The topological polar surface area (TPSA) is 95.1 Å². The van der Waals surface area contributed by atoms with Gasteiger partial charge in [-0.1, -0.05) is 17.7 Å². The van der Waals surface area contributed by atoms with Gasteiger partial charge in [0.05, 0.1) is 6.61 Å². The van der Waals surface area contributed by atoms with Crippen molar-refractivity contribution in [2.45, 2.75) is 39.2 Å². The second-order valence-corrected chi connectivity index (χ2v) is 7.22. The standard InChI is InChI=1S/C20H30ClN5O3.HI/c1-4-29-20(28)26-12-9-15(10-13-26)24-19(22-3)23-11-8-18(27)25-17-7-5-6-16(21)14(17)2;/h5-7,15H,4,8-13H2,1-3H3,(H,25,27)(H2,22,23,24);1H. The van der Waals surface area contributed by atoms with Gasteiger partial charge in [0, 0.05) is 49.9 Å². The number of carbonyl (C=O) groups excluding carboxylic acids is 2. The molecule has 1 saturated heterocycles. The summed E-state index contributed by atoms with van der Waals surface area (Å²) in [5.41, 5.74) is 1.57. The normalized spacial score (nSPS) is 14.5. The molecule has 2 amide bonds. The molecule has 0 aromatic heterocycles. The van der Waals surface area contributed by atoms with Gasteiger partial charge in [0.25, 0.3) is 0 Å². The highest BCUT2D eigenvalue weighted by Crippen LogP contribution is 2.22. The summed E-state index contributed by atoms with van der Waals surface area (Å²) >= 11 is 6.08. The van der Waals surface area contributed by atoms with E-state index in [-0.39, 0.29) is 42.0 Å². The third-order valence-corrected chi connectivity index (χ3v) is 5.18. The summed E-state index contributed by atoms with van der Waals surface area (Å²) in [6.07, 6.45) is 1.67. The number of amides is 2. The van der Waals surface area contributed by atoms with Gasteiger partial charge in [0.15, 0.2) is 5.96 Å². The molecule has 0 unspecified atom stereocenters. The Hall–Kier alpha value is -1.75. The molecular formula is C20H31ClIN5O3. The van der Waals surface area contributed by atoms with Crippen molar-refractivity contribution in [3.05, 3.63) is 28.8 Å². The number of hydrogen-bond donors (Lipinski definition) is 3. The van der Waals surface area contributed by atoms with Crippen LogP contribution in [0.5, 0.6) is 0 Å². The van der Waals surface area contributed by atoms with E-state index in [0.717, 1.165) is 24.1 Å². The molecule has 1 aliphatic rings. The van der Waals surface area contributed by atoms with Gasteiger partial charge in [-0.25, -0.2) is 4.79 Å². The Balaban J connectivity index is 0.00000450. The molecule has 2 rings (SSSR count). The number of guanidine groups is 1. The monoisotopic (exact) mass is 551 g/mol. The summed E-state index contributed by atoms with van der Waals surface area (Å²) < 4.78 is 5.04. The predicted molar refractivity (Wildman–Crippen MR) is 131 cm³/mol. The molecule has 1 fully saturated rings. The van der Waals surface area contributed by atoms with E-state index in [2.05, 4.69) is 20.9 Å². The number of hydrogen-bond acceptors (Lipinski definition) is 4. The van der Waals surface area contributed by atoms with Crippen LogP contribution in [0.1, 0.15) is 31.7 Å². The van der Waals surface area contributed by atoms with E-state index in [1.54, 1.807) is 24.9 Å². The Bertz CT molecular complexity index is 739. The van der Waals surface area contributed by atoms with Gasteiger partial charge >= 0.3 is 6.09 Å². The molecule has 0 spiro atoms. The number of aliphatic imine (C=N–C) groups is 1. The third-order valence-electron chi connectivity index (χ3n) is 4.77. The SMILES string of the molecule is CCOC(=O)N1CCC(NC(=NC)NCCC(=O)Nc2cccc(Cl)c2C)CC1.I. The van der Waals surface area contributed by atoms with Gasteiger partial charge in [-0.15, -0.1) is 24.0 Å². The van der Waals surface area contributed by atoms with E-state index in [1.807, 2.05) is 19.1 Å². The summed E-state index contributed by atoms with van der Waals surface area (Å²) in [6.45, 7) is 5.81. The smallest absolute Gasteiger partial charge is 0.409 e. The van der Waals surface area contributed by atoms with Gasteiger partial charge in [-0.3, -0.25) is 9.79 Å². The molecule has 0 atom stereocenters. The van der Waals surface area contributed by atoms with Crippen LogP contribution < -0.4 is 16.0 Å². The second-order valence-electron chi connectivity index (χ2n) is 6.81. The minimum absolute atomic E-state index is 0. The van der Waals surface area contributed by atoms with Crippen molar-refractivity contribution in [3.8, 4) is 0 Å². The summed E-state index contributed by atoms with van der Waals surface area (Å²) in [7, 11) is 1.69. The first-order chi connectivity index (χ1) is 13.9. The fraction of sp³-hybridized carbons (Fsp3) is 0.550. The molecular weight excluding hydrogens is 521 g/mol. The summed E-state index contributed by atoms with van der Waals surface area (Å²) in [4.78, 5) is 29.9. The third kappa shape index (κ3) is 8.17. The van der Waals surface area contributed by atoms with Crippen LogP contribution in [0.25, 0.3) is 0 Å². The fourth-order valence-corrected chi connectivity index (χ4v) is 3.23. The number of halogens is 2. The van der Waals surface area contributed by atoms with Gasteiger partial charge in [-0.2, -0.15) is 0 Å². The van der Waals surface area contributed by atoms with Gasteiger partial charge in [0.1, 0.15) is 0 Å². The highest BCUT2D eigenvalue weighted by Gasteiger charge is 2.24. The zero-order valence-corrected chi connectivity index (χ0v) is 20.8. The van der Waals surface area contributed by atoms with E-state index in [1.165, 1.54) is 0 Å². The maximum absolute atomic E-state index is 12.2. The molecule has 1 heterocycles. The Morgan fingerprint density at radius 1 is 1.30 bits per heavy atom. The Labute approximate surface area is 200 Å². The number of rotatable bonds is 6. The van der Waals surface area contributed by atoms with Crippen molar-refractivity contribution in [3.63, 3.8) is 0 Å². The largest absolute Gasteiger partial charge is 0.450 e. The first-order valence-electron chi connectivity index (χ1n) is 9.88. The molecule has 0 radical (unpaired) electrons. The number of ether oxygens (including phenoxy) is 1.